The van der Waals surface area contributed by atoms with Gasteiger partial charge in [0.15, 0.2) is 0 Å². The minimum Gasteiger partial charge on any atom is -0.394 e. The van der Waals surface area contributed by atoms with Crippen molar-refractivity contribution in [1.29, 1.82) is 0 Å². The van der Waals surface area contributed by atoms with Crippen LogP contribution in [-0.4, -0.2) is 52.9 Å². The number of rotatable bonds is 6. The first-order valence-corrected chi connectivity index (χ1v) is 8.16. The van der Waals surface area contributed by atoms with Crippen molar-refractivity contribution in [2.24, 2.45) is 0 Å². The third kappa shape index (κ3) is 4.82. The predicted molar refractivity (Wildman–Crippen MR) is 79.3 cm³/mol. The van der Waals surface area contributed by atoms with Crippen molar-refractivity contribution >= 4 is 17.7 Å². The van der Waals surface area contributed by atoms with E-state index in [2.05, 4.69) is 10.3 Å². The van der Waals surface area contributed by atoms with Gasteiger partial charge in [-0.15, -0.1) is 0 Å². The maximum atomic E-state index is 12.4. The van der Waals surface area contributed by atoms with Crippen molar-refractivity contribution in [2.45, 2.75) is 18.2 Å². The van der Waals surface area contributed by atoms with Crippen LogP contribution in [0.2, 0.25) is 0 Å². The van der Waals surface area contributed by atoms with Crippen molar-refractivity contribution in [3.63, 3.8) is 0 Å². The Morgan fingerprint density at radius 1 is 1.48 bits per heavy atom. The molecule has 1 aliphatic rings. The smallest absolute Gasteiger partial charge is 0.394 e. The van der Waals surface area contributed by atoms with Crippen molar-refractivity contribution in [3.8, 4) is 0 Å². The van der Waals surface area contributed by atoms with Crippen LogP contribution in [0, 0.1) is 0 Å². The molecule has 0 radical (unpaired) electrons. The van der Waals surface area contributed by atoms with Gasteiger partial charge in [0.1, 0.15) is 5.69 Å². The molecular formula is C14H17F3N2O3S. The SMILES string of the molecule is O=C(NCC1(OCCO)CCSC1)c1ccc(C(F)(F)F)nc1. The van der Waals surface area contributed by atoms with Crippen molar-refractivity contribution in [3.05, 3.63) is 29.6 Å². The third-order valence-electron chi connectivity index (χ3n) is 3.45. The standard InChI is InChI=1S/C14H17F3N2O3S/c15-14(16,17)11-2-1-10(7-18-11)12(21)19-8-13(22-5-4-20)3-6-23-9-13/h1-2,7,20H,3-6,8-9H2,(H,19,21). The first kappa shape index (κ1) is 18.0. The number of ether oxygens (including phenoxy) is 1. The fourth-order valence-electron chi connectivity index (χ4n) is 2.19. The average Bonchev–Trinajstić information content (AvgIpc) is 2.99. The van der Waals surface area contributed by atoms with Crippen LogP contribution in [0.15, 0.2) is 18.3 Å². The number of carbonyl (C=O) groups excluding carboxylic acids is 1. The van der Waals surface area contributed by atoms with E-state index in [1.54, 1.807) is 11.8 Å². The van der Waals surface area contributed by atoms with Gasteiger partial charge in [0.2, 0.25) is 0 Å². The number of nitrogens with zero attached hydrogens (tertiary/aromatic N) is 1. The Balaban J connectivity index is 1.95. The summed E-state index contributed by atoms with van der Waals surface area (Å²) in [7, 11) is 0. The molecule has 1 saturated heterocycles. The lowest BCUT2D eigenvalue weighted by atomic mass is 10.0. The molecule has 0 spiro atoms. The Morgan fingerprint density at radius 3 is 2.78 bits per heavy atom. The number of halogens is 3. The van der Waals surface area contributed by atoms with Crippen molar-refractivity contribution < 1.29 is 27.8 Å². The molecule has 1 aliphatic heterocycles. The van der Waals surface area contributed by atoms with Gasteiger partial charge in [0.25, 0.3) is 5.91 Å². The second-order valence-electron chi connectivity index (χ2n) is 5.17. The van der Waals surface area contributed by atoms with Crippen molar-refractivity contribution in [1.82, 2.24) is 10.3 Å². The molecule has 2 N–H and O–H groups in total. The molecule has 128 valence electrons. The van der Waals surface area contributed by atoms with Gasteiger partial charge in [-0.05, 0) is 24.3 Å². The summed E-state index contributed by atoms with van der Waals surface area (Å²) in [5.41, 5.74) is -1.52. The summed E-state index contributed by atoms with van der Waals surface area (Å²) in [4.78, 5) is 15.3. The maximum absolute atomic E-state index is 12.4. The zero-order valence-electron chi connectivity index (χ0n) is 12.2. The summed E-state index contributed by atoms with van der Waals surface area (Å²) in [5.74, 6) is 1.08. The van der Waals surface area contributed by atoms with Crippen LogP contribution < -0.4 is 5.32 Å². The minimum absolute atomic E-state index is 0.0564. The molecule has 1 aromatic heterocycles. The first-order valence-electron chi connectivity index (χ1n) is 7.00. The molecular weight excluding hydrogens is 333 g/mol. The summed E-state index contributed by atoms with van der Waals surface area (Å²) in [6.07, 6.45) is -2.88. The number of hydrogen-bond donors (Lipinski definition) is 2. The van der Waals surface area contributed by atoms with E-state index >= 15 is 0 Å². The van der Waals surface area contributed by atoms with Crippen LogP contribution >= 0.6 is 11.8 Å². The Bertz CT molecular complexity index is 531. The zero-order chi connectivity index (χ0) is 16.9. The molecule has 1 unspecified atom stereocenters. The molecule has 0 saturated carbocycles. The Morgan fingerprint density at radius 2 is 2.26 bits per heavy atom. The highest BCUT2D eigenvalue weighted by Gasteiger charge is 2.36. The van der Waals surface area contributed by atoms with E-state index < -0.39 is 23.4 Å². The van der Waals surface area contributed by atoms with E-state index in [1.807, 2.05) is 0 Å². The largest absolute Gasteiger partial charge is 0.433 e. The molecule has 1 aromatic rings. The summed E-state index contributed by atoms with van der Waals surface area (Å²) in [5, 5.41) is 11.5. The lowest BCUT2D eigenvalue weighted by Crippen LogP contribution is -2.45. The summed E-state index contributed by atoms with van der Waals surface area (Å²) < 4.78 is 43.0. The molecule has 9 heteroatoms. The second kappa shape index (κ2) is 7.50. The number of aromatic nitrogens is 1. The Kier molecular flexibility index (Phi) is 5.88. The summed E-state index contributed by atoms with van der Waals surface area (Å²) >= 11 is 1.69. The molecule has 2 heterocycles. The second-order valence-corrected chi connectivity index (χ2v) is 6.28. The lowest BCUT2D eigenvalue weighted by molar-refractivity contribution is -0.141. The number of aliphatic hydroxyl groups excluding tert-OH is 1. The first-order chi connectivity index (χ1) is 10.9. The van der Waals surface area contributed by atoms with Gasteiger partial charge in [0.05, 0.1) is 24.4 Å². The monoisotopic (exact) mass is 350 g/mol. The number of alkyl halides is 3. The Labute approximate surface area is 135 Å². The number of pyridine rings is 1. The van der Waals surface area contributed by atoms with E-state index in [0.29, 0.717) is 5.75 Å². The van der Waals surface area contributed by atoms with Gasteiger partial charge in [-0.1, -0.05) is 0 Å². The van der Waals surface area contributed by atoms with Crippen LogP contribution in [0.5, 0.6) is 0 Å². The third-order valence-corrected chi connectivity index (χ3v) is 4.68. The van der Waals surface area contributed by atoms with E-state index in [4.69, 9.17) is 9.84 Å². The lowest BCUT2D eigenvalue weighted by Gasteiger charge is -2.28. The minimum atomic E-state index is -4.53. The molecule has 5 nitrogen and oxygen atoms in total. The van der Waals surface area contributed by atoms with Gasteiger partial charge in [-0.2, -0.15) is 24.9 Å². The number of amides is 1. The molecule has 2 rings (SSSR count). The van der Waals surface area contributed by atoms with Gasteiger partial charge in [-0.3, -0.25) is 9.78 Å². The summed E-state index contributed by atoms with van der Waals surface area (Å²) in [6, 6.07) is 1.87. The molecule has 1 atom stereocenters. The van der Waals surface area contributed by atoms with Crippen LogP contribution in [-0.2, 0) is 10.9 Å². The number of hydrogen-bond acceptors (Lipinski definition) is 5. The van der Waals surface area contributed by atoms with Gasteiger partial charge < -0.3 is 15.2 Å². The molecule has 0 bridgehead atoms. The van der Waals surface area contributed by atoms with E-state index in [9.17, 15) is 18.0 Å². The topological polar surface area (TPSA) is 71.5 Å². The highest BCUT2D eigenvalue weighted by atomic mass is 32.2. The molecule has 1 fully saturated rings. The van der Waals surface area contributed by atoms with E-state index in [0.717, 1.165) is 30.5 Å². The van der Waals surface area contributed by atoms with Crippen LogP contribution in [0.25, 0.3) is 0 Å². The molecule has 0 aliphatic carbocycles. The highest BCUT2D eigenvalue weighted by molar-refractivity contribution is 7.99. The summed E-state index contributed by atoms with van der Waals surface area (Å²) in [6.45, 7) is 0.307. The molecule has 23 heavy (non-hydrogen) atoms. The fourth-order valence-corrected chi connectivity index (χ4v) is 3.56. The fraction of sp³-hybridized carbons (Fsp3) is 0.571. The van der Waals surface area contributed by atoms with E-state index in [1.165, 1.54) is 0 Å². The quantitative estimate of drug-likeness (QED) is 0.817. The highest BCUT2D eigenvalue weighted by Crippen LogP contribution is 2.31. The van der Waals surface area contributed by atoms with Gasteiger partial charge >= 0.3 is 6.18 Å². The van der Waals surface area contributed by atoms with Crippen LogP contribution in [0.4, 0.5) is 13.2 Å². The van der Waals surface area contributed by atoms with Gasteiger partial charge in [-0.25, -0.2) is 0 Å². The Hall–Kier alpha value is -1.32. The number of nitrogens with one attached hydrogen (secondary N) is 1. The number of carbonyl (C=O) groups is 1. The van der Waals surface area contributed by atoms with Crippen LogP contribution in [0.3, 0.4) is 0 Å². The normalized spacial score (nSPS) is 21.4. The average molecular weight is 350 g/mol. The zero-order valence-corrected chi connectivity index (χ0v) is 13.0. The number of thioether (sulfide) groups is 1. The molecule has 0 aromatic carbocycles. The van der Waals surface area contributed by atoms with Crippen LogP contribution in [0.1, 0.15) is 22.5 Å². The molecule has 1 amide bonds. The predicted octanol–water partition coefficient (Wildman–Crippen LogP) is 1.71. The van der Waals surface area contributed by atoms with Gasteiger partial charge in [0, 0.05) is 18.5 Å². The number of aliphatic hydroxyl groups is 1. The van der Waals surface area contributed by atoms with E-state index in [-0.39, 0.29) is 25.3 Å². The van der Waals surface area contributed by atoms with Crippen molar-refractivity contribution in [2.75, 3.05) is 31.3 Å². The maximum Gasteiger partial charge on any atom is 0.433 e.